The highest BCUT2D eigenvalue weighted by atomic mass is 16.6. The fourth-order valence-corrected chi connectivity index (χ4v) is 8.19. The summed E-state index contributed by atoms with van der Waals surface area (Å²) in [6.45, 7) is 9.43. The van der Waals surface area contributed by atoms with Crippen molar-refractivity contribution >= 4 is 29.4 Å². The molecule has 5 aliphatic rings. The van der Waals surface area contributed by atoms with E-state index >= 15 is 0 Å². The van der Waals surface area contributed by atoms with Crippen LogP contribution in [0.5, 0.6) is 5.75 Å². The molecule has 12 heteroatoms. The summed E-state index contributed by atoms with van der Waals surface area (Å²) in [5.41, 5.74) is 5.03. The van der Waals surface area contributed by atoms with E-state index in [2.05, 4.69) is 41.2 Å². The second-order valence-electron chi connectivity index (χ2n) is 14.1. The van der Waals surface area contributed by atoms with Crippen LogP contribution in [-0.2, 0) is 27.1 Å². The molecule has 12 nitrogen and oxygen atoms in total. The summed E-state index contributed by atoms with van der Waals surface area (Å²) in [7, 11) is 2.06. The quantitative estimate of drug-likeness (QED) is 0.494. The van der Waals surface area contributed by atoms with Crippen molar-refractivity contribution in [3.63, 3.8) is 0 Å². The molecule has 5 aliphatic heterocycles. The molecule has 5 heterocycles. The van der Waals surface area contributed by atoms with Crippen LogP contribution in [0.15, 0.2) is 36.4 Å². The third-order valence-electron chi connectivity index (χ3n) is 11.0. The van der Waals surface area contributed by atoms with Crippen molar-refractivity contribution in [3.05, 3.63) is 53.1 Å². The Bertz CT molecular complexity index is 1510. The summed E-state index contributed by atoms with van der Waals surface area (Å²) in [4.78, 5) is 51.1. The molecule has 0 saturated carbocycles. The number of nitrogens with one attached hydrogen (secondary N) is 1. The maximum absolute atomic E-state index is 14.2. The molecular weight excluding hydrogens is 624 g/mol. The number of benzene rings is 2. The van der Waals surface area contributed by atoms with Gasteiger partial charge in [-0.1, -0.05) is 24.3 Å². The average molecular weight is 675 g/mol. The third-order valence-corrected chi connectivity index (χ3v) is 11.0. The molecule has 0 radical (unpaired) electrons. The Morgan fingerprint density at radius 2 is 1.65 bits per heavy atom. The summed E-state index contributed by atoms with van der Waals surface area (Å²) in [6, 6.07) is 12.4. The van der Waals surface area contributed by atoms with Gasteiger partial charge in [0.15, 0.2) is 6.10 Å². The van der Waals surface area contributed by atoms with Gasteiger partial charge in [0.1, 0.15) is 12.4 Å². The maximum atomic E-state index is 14.2. The number of piperazine rings is 1. The van der Waals surface area contributed by atoms with Gasteiger partial charge in [-0.05, 0) is 67.9 Å². The number of nitrogens with zero attached hydrogens (tertiary/aromatic N) is 5. The number of rotatable bonds is 6. The van der Waals surface area contributed by atoms with Gasteiger partial charge >= 0.3 is 12.1 Å². The lowest BCUT2D eigenvalue weighted by Gasteiger charge is -2.41. The summed E-state index contributed by atoms with van der Waals surface area (Å²) in [5.74, 6) is 0.651. The fourth-order valence-electron chi connectivity index (χ4n) is 8.19. The molecule has 3 fully saturated rings. The van der Waals surface area contributed by atoms with E-state index in [-0.39, 0.29) is 24.4 Å². The molecule has 2 aromatic rings. The lowest BCUT2D eigenvalue weighted by atomic mass is 10.0. The van der Waals surface area contributed by atoms with E-state index in [0.717, 1.165) is 85.9 Å². The number of hydrogen-bond acceptors (Lipinski definition) is 8. The number of hydrogen-bond donors (Lipinski definition) is 1. The van der Waals surface area contributed by atoms with Gasteiger partial charge in [-0.15, -0.1) is 0 Å². The first-order chi connectivity index (χ1) is 23.8. The van der Waals surface area contributed by atoms with Crippen LogP contribution in [-0.4, -0.2) is 135 Å². The first-order valence-corrected chi connectivity index (χ1v) is 18.0. The highest BCUT2D eigenvalue weighted by Crippen LogP contribution is 2.36. The van der Waals surface area contributed by atoms with Crippen molar-refractivity contribution in [2.24, 2.45) is 0 Å². The Labute approximate surface area is 289 Å². The van der Waals surface area contributed by atoms with Crippen LogP contribution in [0.2, 0.25) is 0 Å². The van der Waals surface area contributed by atoms with Gasteiger partial charge in [0.25, 0.3) is 5.91 Å². The molecule has 1 atom stereocenters. The molecule has 0 aromatic heterocycles. The third kappa shape index (κ3) is 7.45. The predicted molar refractivity (Wildman–Crippen MR) is 186 cm³/mol. The van der Waals surface area contributed by atoms with Gasteiger partial charge in [0.05, 0.1) is 12.2 Å². The maximum Gasteiger partial charge on any atom is 0.410 e. The average Bonchev–Trinajstić information content (AvgIpc) is 3.29. The van der Waals surface area contributed by atoms with Crippen LogP contribution in [0.1, 0.15) is 42.4 Å². The number of likely N-dealkylation sites (tertiary alicyclic amines) is 1. The van der Waals surface area contributed by atoms with Crippen LogP contribution < -0.4 is 15.0 Å². The molecule has 0 bridgehead atoms. The second kappa shape index (κ2) is 14.8. The van der Waals surface area contributed by atoms with Crippen LogP contribution in [0.25, 0.3) is 0 Å². The molecule has 0 spiro atoms. The monoisotopic (exact) mass is 674 g/mol. The zero-order valence-electron chi connectivity index (χ0n) is 28.9. The van der Waals surface area contributed by atoms with Gasteiger partial charge < -0.3 is 39.1 Å². The summed E-state index contributed by atoms with van der Waals surface area (Å²) in [6.07, 6.45) is 2.99. The molecule has 1 unspecified atom stereocenters. The minimum absolute atomic E-state index is 0.0272. The highest BCUT2D eigenvalue weighted by molar-refractivity contribution is 5.91. The number of piperidine rings is 1. The first-order valence-electron chi connectivity index (χ1n) is 18.0. The normalized spacial score (nSPS) is 21.6. The smallest absolute Gasteiger partial charge is 0.410 e. The van der Waals surface area contributed by atoms with E-state index in [4.69, 9.17) is 14.2 Å². The van der Waals surface area contributed by atoms with Crippen molar-refractivity contribution < 1.29 is 28.6 Å². The van der Waals surface area contributed by atoms with Gasteiger partial charge in [0, 0.05) is 90.3 Å². The van der Waals surface area contributed by atoms with Crippen molar-refractivity contribution in [3.8, 4) is 5.75 Å². The largest absolute Gasteiger partial charge is 0.490 e. The van der Waals surface area contributed by atoms with Crippen molar-refractivity contribution in [1.82, 2.24) is 19.6 Å². The Hall–Kier alpha value is -4.03. The minimum atomic E-state index is -0.950. The summed E-state index contributed by atoms with van der Waals surface area (Å²) < 4.78 is 17.7. The molecule has 2 aromatic carbocycles. The first kappa shape index (κ1) is 33.5. The zero-order valence-corrected chi connectivity index (χ0v) is 28.9. The number of fused-ring (bicyclic) bond motifs is 2. The van der Waals surface area contributed by atoms with Crippen molar-refractivity contribution in [2.75, 3.05) is 89.4 Å². The number of amides is 4. The van der Waals surface area contributed by atoms with E-state index in [1.807, 2.05) is 34.1 Å². The summed E-state index contributed by atoms with van der Waals surface area (Å²) in [5, 5.41) is 3.06. The van der Waals surface area contributed by atoms with Crippen molar-refractivity contribution in [1.29, 1.82) is 0 Å². The van der Waals surface area contributed by atoms with Gasteiger partial charge in [0.2, 0.25) is 0 Å². The molecule has 0 aliphatic carbocycles. The highest BCUT2D eigenvalue weighted by Gasteiger charge is 2.36. The number of anilines is 2. The van der Waals surface area contributed by atoms with Crippen LogP contribution in [0.4, 0.5) is 21.0 Å². The van der Waals surface area contributed by atoms with Crippen molar-refractivity contribution in [2.45, 2.75) is 63.6 Å². The lowest BCUT2D eigenvalue weighted by molar-refractivity contribution is -0.143. The molecule has 7 rings (SSSR count). The summed E-state index contributed by atoms with van der Waals surface area (Å²) >= 11 is 0. The number of carbonyl (C=O) groups is 3. The lowest BCUT2D eigenvalue weighted by Crippen LogP contribution is -2.56. The SMILES string of the molecule is Cc1cc(CC(OC(=O)N2CCC(N3CCc4ccccc4NC3=O)CC2)C(=O)N2CCN(C3CCOCC3)CC2)cc2c1N(C)CCO2. The molecule has 4 amide bonds. The van der Waals surface area contributed by atoms with Gasteiger partial charge in [-0.25, -0.2) is 9.59 Å². The number of aryl methyl sites for hydroxylation is 1. The van der Waals surface area contributed by atoms with Crippen LogP contribution >= 0.6 is 0 Å². The number of ether oxygens (including phenoxy) is 3. The molecule has 3 saturated heterocycles. The Kier molecular flexibility index (Phi) is 10.1. The number of urea groups is 1. The minimum Gasteiger partial charge on any atom is -0.490 e. The van der Waals surface area contributed by atoms with Gasteiger partial charge in [-0.3, -0.25) is 9.69 Å². The topological polar surface area (TPSA) is 107 Å². The number of carbonyl (C=O) groups excluding carboxylic acids is 3. The molecule has 264 valence electrons. The Balaban J connectivity index is 1.01. The van der Waals surface area contributed by atoms with E-state index in [1.165, 1.54) is 0 Å². The molecule has 1 N–H and O–H groups in total. The van der Waals surface area contributed by atoms with E-state index < -0.39 is 12.2 Å². The van der Waals surface area contributed by atoms with Crippen LogP contribution in [0, 0.1) is 6.92 Å². The van der Waals surface area contributed by atoms with Gasteiger partial charge in [-0.2, -0.15) is 0 Å². The Morgan fingerprint density at radius 3 is 2.43 bits per heavy atom. The fraction of sp³-hybridized carbons (Fsp3) is 0.595. The number of para-hydroxylation sites is 1. The van der Waals surface area contributed by atoms with E-state index in [0.29, 0.717) is 58.2 Å². The van der Waals surface area contributed by atoms with E-state index in [9.17, 15) is 14.4 Å². The zero-order chi connectivity index (χ0) is 33.9. The Morgan fingerprint density at radius 1 is 0.898 bits per heavy atom. The van der Waals surface area contributed by atoms with E-state index in [1.54, 1.807) is 4.90 Å². The number of likely N-dealkylation sites (N-methyl/N-ethyl adjacent to an activating group) is 1. The standard InChI is InChI=1S/C37H50N6O6/c1-26-23-27(24-32-34(26)39(2)19-22-48-32)25-33(35(44)41-17-15-40(16-18-41)29-10-20-47-21-11-29)49-37(46)42-12-8-30(9-13-42)43-14-7-28-5-3-4-6-31(28)38-36(43)45/h3-6,23-24,29-30,33H,7-22,25H2,1-2H3,(H,38,45). The molecular formula is C37H50N6O6. The van der Waals surface area contributed by atoms with Crippen LogP contribution in [0.3, 0.4) is 0 Å². The predicted octanol–water partition coefficient (Wildman–Crippen LogP) is 3.75. The molecule has 49 heavy (non-hydrogen) atoms. The second-order valence-corrected chi connectivity index (χ2v) is 14.1.